The molecule has 0 bridgehead atoms. The summed E-state index contributed by atoms with van der Waals surface area (Å²) in [7, 11) is 1.47. The van der Waals surface area contributed by atoms with Gasteiger partial charge >= 0.3 is 6.09 Å². The van der Waals surface area contributed by atoms with Crippen LogP contribution < -0.4 is 5.32 Å². The normalized spacial score (nSPS) is 12.4. The molecule has 2 N–H and O–H groups in total. The summed E-state index contributed by atoms with van der Waals surface area (Å²) in [5, 5.41) is 12.6. The quantitative estimate of drug-likeness (QED) is 0.724. The summed E-state index contributed by atoms with van der Waals surface area (Å²) in [5.41, 5.74) is 0.938. The van der Waals surface area contributed by atoms with Crippen molar-refractivity contribution in [2.75, 3.05) is 20.1 Å². The van der Waals surface area contributed by atoms with Crippen molar-refractivity contribution in [1.29, 1.82) is 0 Å². The Morgan fingerprint density at radius 2 is 2.00 bits per heavy atom. The zero-order valence-electron chi connectivity index (χ0n) is 11.7. The Hall–Kier alpha value is -1.40. The number of amides is 1. The van der Waals surface area contributed by atoms with E-state index < -0.39 is 12.5 Å². The fraction of sp³-hybridized carbons (Fsp3) is 0.500. The molecule has 1 aromatic rings. The van der Waals surface area contributed by atoms with E-state index in [4.69, 9.17) is 16.7 Å². The summed E-state index contributed by atoms with van der Waals surface area (Å²) < 4.78 is 24.1. The second-order valence-corrected chi connectivity index (χ2v) is 5.20. The lowest BCUT2D eigenvalue weighted by Gasteiger charge is -2.26. The lowest BCUT2D eigenvalue weighted by Crippen LogP contribution is -2.44. The monoisotopic (exact) mass is 320 g/mol. The number of benzene rings is 1. The molecule has 0 aliphatic carbocycles. The highest BCUT2D eigenvalue weighted by Gasteiger charge is 2.19. The summed E-state index contributed by atoms with van der Waals surface area (Å²) in [6, 6.07) is 6.79. The predicted molar refractivity (Wildman–Crippen MR) is 78.2 cm³/mol. The van der Waals surface area contributed by atoms with Gasteiger partial charge in [0.15, 0.2) is 0 Å². The van der Waals surface area contributed by atoms with Crippen LogP contribution in [0.15, 0.2) is 24.3 Å². The molecule has 0 saturated carbocycles. The first-order valence-electron chi connectivity index (χ1n) is 6.59. The fourth-order valence-electron chi connectivity index (χ4n) is 1.87. The molecule has 0 aliphatic rings. The standard InChI is InChI=1S/C14H19ClF2N2O2/c1-19(14(20)21)12(9-18-7-6-13(16)17)8-10-2-4-11(15)5-3-10/h2-5,12-13,18H,6-9H2,1H3,(H,20,21). The third-order valence-corrected chi connectivity index (χ3v) is 3.41. The van der Waals surface area contributed by atoms with Gasteiger partial charge in [0.25, 0.3) is 0 Å². The van der Waals surface area contributed by atoms with Gasteiger partial charge in [-0.2, -0.15) is 0 Å². The third-order valence-electron chi connectivity index (χ3n) is 3.15. The van der Waals surface area contributed by atoms with Crippen LogP contribution in [0.4, 0.5) is 13.6 Å². The third kappa shape index (κ3) is 6.73. The second-order valence-electron chi connectivity index (χ2n) is 4.76. The Bertz CT molecular complexity index is 443. The topological polar surface area (TPSA) is 52.6 Å². The molecule has 1 aromatic carbocycles. The van der Waals surface area contributed by atoms with Crippen LogP contribution >= 0.6 is 11.6 Å². The second kappa shape index (κ2) is 8.79. The number of nitrogens with one attached hydrogen (secondary N) is 1. The molecule has 0 fully saturated rings. The van der Waals surface area contributed by atoms with Crippen LogP contribution in [0.2, 0.25) is 5.02 Å². The zero-order valence-corrected chi connectivity index (χ0v) is 12.5. The average Bonchev–Trinajstić information content (AvgIpc) is 2.43. The highest BCUT2D eigenvalue weighted by Crippen LogP contribution is 2.13. The maximum atomic E-state index is 12.1. The largest absolute Gasteiger partial charge is 0.465 e. The number of likely N-dealkylation sites (N-methyl/N-ethyl adjacent to an activating group) is 1. The van der Waals surface area contributed by atoms with E-state index in [0.29, 0.717) is 18.0 Å². The van der Waals surface area contributed by atoms with Crippen LogP contribution in [-0.2, 0) is 6.42 Å². The van der Waals surface area contributed by atoms with Gasteiger partial charge in [-0.1, -0.05) is 23.7 Å². The van der Waals surface area contributed by atoms with Gasteiger partial charge < -0.3 is 15.3 Å². The van der Waals surface area contributed by atoms with Gasteiger partial charge in [-0.25, -0.2) is 13.6 Å². The highest BCUT2D eigenvalue weighted by atomic mass is 35.5. The minimum absolute atomic E-state index is 0.155. The predicted octanol–water partition coefficient (Wildman–Crippen LogP) is 3.11. The summed E-state index contributed by atoms with van der Waals surface area (Å²) >= 11 is 5.81. The zero-order chi connectivity index (χ0) is 15.8. The van der Waals surface area contributed by atoms with E-state index in [-0.39, 0.29) is 19.0 Å². The summed E-state index contributed by atoms with van der Waals surface area (Å²) in [6.07, 6.45) is -3.17. The van der Waals surface area contributed by atoms with Crippen LogP contribution in [0.3, 0.4) is 0 Å². The van der Waals surface area contributed by atoms with Crippen molar-refractivity contribution in [3.8, 4) is 0 Å². The number of hydrogen-bond donors (Lipinski definition) is 2. The van der Waals surface area contributed by atoms with E-state index in [0.717, 1.165) is 5.56 Å². The molecule has 0 aromatic heterocycles. The first-order chi connectivity index (χ1) is 9.90. The van der Waals surface area contributed by atoms with Crippen molar-refractivity contribution in [3.63, 3.8) is 0 Å². The van der Waals surface area contributed by atoms with Gasteiger partial charge in [-0.15, -0.1) is 0 Å². The van der Waals surface area contributed by atoms with Crippen LogP contribution in [0.5, 0.6) is 0 Å². The van der Waals surface area contributed by atoms with Crippen molar-refractivity contribution in [2.45, 2.75) is 25.3 Å². The molecule has 0 spiro atoms. The van der Waals surface area contributed by atoms with E-state index in [1.807, 2.05) is 12.1 Å². The molecule has 1 unspecified atom stereocenters. The smallest absolute Gasteiger partial charge is 0.407 e. The summed E-state index contributed by atoms with van der Waals surface area (Å²) in [4.78, 5) is 12.3. The molecule has 4 nitrogen and oxygen atoms in total. The molecule has 0 saturated heterocycles. The van der Waals surface area contributed by atoms with Crippen molar-refractivity contribution < 1.29 is 18.7 Å². The Balaban J connectivity index is 2.59. The summed E-state index contributed by atoms with van der Waals surface area (Å²) in [5.74, 6) is 0. The number of hydrogen-bond acceptors (Lipinski definition) is 2. The minimum Gasteiger partial charge on any atom is -0.465 e. The van der Waals surface area contributed by atoms with Gasteiger partial charge in [0.1, 0.15) is 0 Å². The van der Waals surface area contributed by atoms with Gasteiger partial charge in [0, 0.05) is 31.6 Å². The molecule has 0 aliphatic heterocycles. The van der Waals surface area contributed by atoms with E-state index in [2.05, 4.69) is 5.32 Å². The lowest BCUT2D eigenvalue weighted by molar-refractivity contribution is 0.129. The van der Waals surface area contributed by atoms with Crippen molar-refractivity contribution in [3.05, 3.63) is 34.9 Å². The Kier molecular flexibility index (Phi) is 7.39. The van der Waals surface area contributed by atoms with Crippen LogP contribution in [0, 0.1) is 0 Å². The molecule has 1 rings (SSSR count). The number of nitrogens with zero attached hydrogens (tertiary/aromatic N) is 1. The van der Waals surface area contributed by atoms with Crippen LogP contribution in [0.1, 0.15) is 12.0 Å². The molecule has 118 valence electrons. The Labute approximate surface area is 127 Å². The average molecular weight is 321 g/mol. The number of carboxylic acid groups (broad SMARTS) is 1. The number of rotatable bonds is 8. The van der Waals surface area contributed by atoms with Gasteiger partial charge in [0.05, 0.1) is 6.04 Å². The van der Waals surface area contributed by atoms with Gasteiger partial charge in [0.2, 0.25) is 6.43 Å². The maximum absolute atomic E-state index is 12.1. The first-order valence-corrected chi connectivity index (χ1v) is 6.97. The summed E-state index contributed by atoms with van der Waals surface area (Å²) in [6.45, 7) is 0.473. The Morgan fingerprint density at radius 1 is 1.38 bits per heavy atom. The van der Waals surface area contributed by atoms with E-state index in [9.17, 15) is 13.6 Å². The highest BCUT2D eigenvalue weighted by molar-refractivity contribution is 6.30. The van der Waals surface area contributed by atoms with Gasteiger partial charge in [-0.05, 0) is 24.1 Å². The molecule has 7 heteroatoms. The number of carbonyl (C=O) groups is 1. The van der Waals surface area contributed by atoms with Crippen molar-refractivity contribution in [1.82, 2.24) is 10.2 Å². The SMILES string of the molecule is CN(C(=O)O)C(CNCCC(F)F)Cc1ccc(Cl)cc1. The number of alkyl halides is 2. The van der Waals surface area contributed by atoms with E-state index >= 15 is 0 Å². The van der Waals surface area contributed by atoms with E-state index in [1.54, 1.807) is 12.1 Å². The van der Waals surface area contributed by atoms with Gasteiger partial charge in [-0.3, -0.25) is 0 Å². The molecule has 21 heavy (non-hydrogen) atoms. The minimum atomic E-state index is -2.36. The molecule has 1 amide bonds. The van der Waals surface area contributed by atoms with E-state index in [1.165, 1.54) is 11.9 Å². The molecular formula is C14H19ClF2N2O2. The Morgan fingerprint density at radius 3 is 2.52 bits per heavy atom. The lowest BCUT2D eigenvalue weighted by atomic mass is 10.1. The first kappa shape index (κ1) is 17.7. The van der Waals surface area contributed by atoms with Crippen LogP contribution in [0.25, 0.3) is 0 Å². The molecular weight excluding hydrogens is 302 g/mol. The van der Waals surface area contributed by atoms with Crippen LogP contribution in [-0.4, -0.2) is 48.7 Å². The van der Waals surface area contributed by atoms with Crippen molar-refractivity contribution in [2.24, 2.45) is 0 Å². The molecule has 0 heterocycles. The molecule has 0 radical (unpaired) electrons. The molecule has 1 atom stereocenters. The van der Waals surface area contributed by atoms with Crippen molar-refractivity contribution >= 4 is 17.7 Å². The fourth-order valence-corrected chi connectivity index (χ4v) is 2.00. The number of halogens is 3. The maximum Gasteiger partial charge on any atom is 0.407 e.